The van der Waals surface area contributed by atoms with Gasteiger partial charge in [0.05, 0.1) is 23.4 Å². The minimum Gasteiger partial charge on any atom is -0.492 e. The molecule has 1 aromatic rings. The molecule has 35 heavy (non-hydrogen) atoms. The minimum absolute atomic E-state index is 0.00278. The summed E-state index contributed by atoms with van der Waals surface area (Å²) in [5.41, 5.74) is -0.729. The second kappa shape index (κ2) is 14.0. The van der Waals surface area contributed by atoms with Crippen LogP contribution >= 0.6 is 0 Å². The van der Waals surface area contributed by atoms with Crippen LogP contribution in [0, 0.1) is 17.7 Å². The second-order valence-electron chi connectivity index (χ2n) is 7.37. The van der Waals surface area contributed by atoms with Crippen molar-refractivity contribution in [2.75, 3.05) is 25.2 Å². The Kier molecular flexibility index (Phi) is 11.8. The van der Waals surface area contributed by atoms with Crippen LogP contribution in [0.15, 0.2) is 59.4 Å². The number of amides is 1. The van der Waals surface area contributed by atoms with Gasteiger partial charge in [0.15, 0.2) is 0 Å². The van der Waals surface area contributed by atoms with Crippen LogP contribution < -0.4 is 5.01 Å². The lowest BCUT2D eigenvalue weighted by molar-refractivity contribution is -0.0883. The van der Waals surface area contributed by atoms with Gasteiger partial charge >= 0.3 is 6.18 Å². The van der Waals surface area contributed by atoms with Crippen molar-refractivity contribution in [2.45, 2.75) is 46.3 Å². The largest absolute Gasteiger partial charge is 0.492 e. The van der Waals surface area contributed by atoms with E-state index in [-0.39, 0.29) is 30.2 Å². The van der Waals surface area contributed by atoms with Crippen LogP contribution in [-0.4, -0.2) is 49.4 Å². The Morgan fingerprint density at radius 2 is 1.97 bits per heavy atom. The molecule has 1 amide bonds. The highest BCUT2D eigenvalue weighted by Crippen LogP contribution is 2.27. The zero-order valence-corrected chi connectivity index (χ0v) is 20.6. The molecule has 0 aliphatic carbocycles. The summed E-state index contributed by atoms with van der Waals surface area (Å²) in [6, 6.07) is 3.68. The lowest BCUT2D eigenvalue weighted by Crippen LogP contribution is -2.41. The van der Waals surface area contributed by atoms with Crippen molar-refractivity contribution in [2.24, 2.45) is 5.10 Å². The van der Waals surface area contributed by atoms with Gasteiger partial charge in [-0.3, -0.25) is 9.80 Å². The summed E-state index contributed by atoms with van der Waals surface area (Å²) >= 11 is 0. The lowest BCUT2D eigenvalue weighted by Gasteiger charge is -2.29. The SMILES string of the molecule is C=C(/C=C\C(=C/C)C(F)(F)F)OCC(C)N(CC)C(=O)c1cccc(F)c1N(C)/N=C\C#CCC. The van der Waals surface area contributed by atoms with Crippen molar-refractivity contribution in [3.63, 3.8) is 0 Å². The summed E-state index contributed by atoms with van der Waals surface area (Å²) in [7, 11) is 1.51. The molecular weight excluding hydrogens is 462 g/mol. The Morgan fingerprint density at radius 1 is 1.29 bits per heavy atom. The molecule has 0 radical (unpaired) electrons. The van der Waals surface area contributed by atoms with E-state index >= 15 is 0 Å². The first-order valence-corrected chi connectivity index (χ1v) is 11.0. The molecule has 0 saturated carbocycles. The van der Waals surface area contributed by atoms with E-state index in [1.165, 1.54) is 48.3 Å². The predicted octanol–water partition coefficient (Wildman–Crippen LogP) is 6.11. The number of anilines is 1. The van der Waals surface area contributed by atoms with Gasteiger partial charge in [0.1, 0.15) is 23.9 Å². The van der Waals surface area contributed by atoms with E-state index < -0.39 is 29.5 Å². The van der Waals surface area contributed by atoms with Gasteiger partial charge < -0.3 is 9.64 Å². The van der Waals surface area contributed by atoms with Crippen LogP contribution in [-0.2, 0) is 4.74 Å². The van der Waals surface area contributed by atoms with Crippen LogP contribution in [0.5, 0.6) is 0 Å². The monoisotopic (exact) mass is 493 g/mol. The molecule has 190 valence electrons. The lowest BCUT2D eigenvalue weighted by atomic mass is 10.1. The third-order valence-electron chi connectivity index (χ3n) is 4.85. The summed E-state index contributed by atoms with van der Waals surface area (Å²) in [4.78, 5) is 14.8. The Balaban J connectivity index is 3.01. The third-order valence-corrected chi connectivity index (χ3v) is 4.85. The number of carbonyl (C=O) groups is 1. The number of likely N-dealkylation sites (N-methyl/N-ethyl adjacent to an activating group) is 1. The number of hydrogen-bond acceptors (Lipinski definition) is 4. The summed E-state index contributed by atoms with van der Waals surface area (Å²) in [5, 5.41) is 5.32. The number of benzene rings is 1. The number of para-hydroxylation sites is 1. The Morgan fingerprint density at radius 3 is 2.54 bits per heavy atom. The van der Waals surface area contributed by atoms with Crippen molar-refractivity contribution in [3.8, 4) is 11.8 Å². The van der Waals surface area contributed by atoms with E-state index in [1.54, 1.807) is 13.8 Å². The van der Waals surface area contributed by atoms with E-state index in [1.807, 2.05) is 6.92 Å². The summed E-state index contributed by atoms with van der Waals surface area (Å²) in [6.45, 7) is 10.5. The number of hydrazone groups is 1. The highest BCUT2D eigenvalue weighted by atomic mass is 19.4. The predicted molar refractivity (Wildman–Crippen MR) is 132 cm³/mol. The van der Waals surface area contributed by atoms with E-state index in [9.17, 15) is 22.4 Å². The first-order chi connectivity index (χ1) is 16.5. The van der Waals surface area contributed by atoms with Gasteiger partial charge in [-0.25, -0.2) is 4.39 Å². The van der Waals surface area contributed by atoms with Gasteiger partial charge in [-0.2, -0.15) is 18.3 Å². The minimum atomic E-state index is -4.48. The van der Waals surface area contributed by atoms with Crippen molar-refractivity contribution in [3.05, 3.63) is 65.7 Å². The molecule has 9 heteroatoms. The standard InChI is InChI=1S/C26H31F4N3O2/c1-7-10-11-17-31-32(6)24-22(13-12-14-23(24)27)25(34)33(9-3)19(4)18-35-20(5)15-16-21(8-2)26(28,29)30/h8,12-17,19H,5,7,9,18H2,1-4,6H3/b16-15-,21-8+,31-17-. The molecule has 0 aliphatic rings. The number of ether oxygens (including phenoxy) is 1. The number of halogens is 4. The normalized spacial score (nSPS) is 12.9. The van der Waals surface area contributed by atoms with E-state index in [0.717, 1.165) is 18.2 Å². The first kappa shape index (κ1) is 29.5. The van der Waals surface area contributed by atoms with Gasteiger partial charge in [0.25, 0.3) is 5.91 Å². The number of nitrogens with zero attached hydrogens (tertiary/aromatic N) is 3. The number of allylic oxidation sites excluding steroid dienone is 4. The number of hydrogen-bond donors (Lipinski definition) is 0. The number of alkyl halides is 3. The van der Waals surface area contributed by atoms with Gasteiger partial charge in [-0.1, -0.05) is 37.5 Å². The molecule has 1 unspecified atom stereocenters. The van der Waals surface area contributed by atoms with Crippen LogP contribution in [0.3, 0.4) is 0 Å². The maximum atomic E-state index is 14.7. The van der Waals surface area contributed by atoms with Crippen molar-refractivity contribution in [1.29, 1.82) is 0 Å². The molecule has 1 aromatic carbocycles. The number of rotatable bonds is 10. The maximum Gasteiger partial charge on any atom is 0.416 e. The number of carbonyl (C=O) groups excluding carboxylic acids is 1. The quantitative estimate of drug-likeness (QED) is 0.0987. The summed E-state index contributed by atoms with van der Waals surface area (Å²) in [6.07, 6.45) is 0.425. The zero-order valence-electron chi connectivity index (χ0n) is 20.6. The Bertz CT molecular complexity index is 1030. The average Bonchev–Trinajstić information content (AvgIpc) is 2.80. The Hall–Kier alpha value is -3.54. The molecule has 0 spiro atoms. The van der Waals surface area contributed by atoms with Gasteiger partial charge in [0, 0.05) is 20.0 Å². The molecule has 5 nitrogen and oxygen atoms in total. The summed E-state index contributed by atoms with van der Waals surface area (Å²) < 4.78 is 58.6. The fraction of sp³-hybridized carbons (Fsp3) is 0.385. The highest BCUT2D eigenvalue weighted by molar-refractivity contribution is 6.00. The Labute approximate surface area is 204 Å². The molecule has 0 fully saturated rings. The van der Waals surface area contributed by atoms with E-state index in [0.29, 0.717) is 6.42 Å². The molecule has 0 aliphatic heterocycles. The first-order valence-electron chi connectivity index (χ1n) is 11.0. The molecule has 0 bridgehead atoms. The van der Waals surface area contributed by atoms with Crippen LogP contribution in [0.4, 0.5) is 23.2 Å². The molecular formula is C26H31F4N3O2. The van der Waals surface area contributed by atoms with Crippen LogP contribution in [0.25, 0.3) is 0 Å². The molecule has 1 atom stereocenters. The smallest absolute Gasteiger partial charge is 0.416 e. The molecule has 0 heterocycles. The molecule has 0 aromatic heterocycles. The van der Waals surface area contributed by atoms with E-state index in [2.05, 4.69) is 23.5 Å². The second-order valence-corrected chi connectivity index (χ2v) is 7.37. The third kappa shape index (κ3) is 8.96. The van der Waals surface area contributed by atoms with Crippen LogP contribution in [0.2, 0.25) is 0 Å². The van der Waals surface area contributed by atoms with E-state index in [4.69, 9.17) is 4.74 Å². The molecule has 0 saturated heterocycles. The summed E-state index contributed by atoms with van der Waals surface area (Å²) in [5.74, 6) is 4.47. The van der Waals surface area contributed by atoms with Crippen molar-refractivity contribution >= 4 is 17.8 Å². The fourth-order valence-corrected chi connectivity index (χ4v) is 3.05. The van der Waals surface area contributed by atoms with Gasteiger partial charge in [-0.05, 0) is 45.1 Å². The van der Waals surface area contributed by atoms with Gasteiger partial charge in [-0.15, -0.1) is 0 Å². The fourth-order valence-electron chi connectivity index (χ4n) is 3.05. The molecule has 1 rings (SSSR count). The average molecular weight is 494 g/mol. The highest BCUT2D eigenvalue weighted by Gasteiger charge is 2.31. The maximum absolute atomic E-state index is 14.7. The van der Waals surface area contributed by atoms with Crippen LogP contribution in [0.1, 0.15) is 44.5 Å². The van der Waals surface area contributed by atoms with Crippen molar-refractivity contribution in [1.82, 2.24) is 4.90 Å². The van der Waals surface area contributed by atoms with Gasteiger partial charge in [0.2, 0.25) is 0 Å². The topological polar surface area (TPSA) is 45.1 Å². The zero-order chi connectivity index (χ0) is 26.6. The molecule has 0 N–H and O–H groups in total. The van der Waals surface area contributed by atoms with Crippen molar-refractivity contribution < 1.29 is 27.1 Å².